The molecular weight excluding hydrogens is 454 g/mol. The first-order chi connectivity index (χ1) is 16.0. The number of rotatable bonds is 13. The number of sulfonamides is 1. The topological polar surface area (TPSA) is 106 Å². The minimum Gasteiger partial charge on any atom is -0.394 e. The zero-order valence-corrected chi connectivity index (χ0v) is 21.5. The fourth-order valence-corrected chi connectivity index (χ4v) is 4.35. The molecular formula is C24H37N5O4S. The van der Waals surface area contributed by atoms with Crippen LogP contribution in [0.2, 0.25) is 0 Å². The van der Waals surface area contributed by atoms with Gasteiger partial charge in [-0.05, 0) is 44.6 Å². The van der Waals surface area contributed by atoms with Crippen LogP contribution < -0.4 is 14.5 Å². The summed E-state index contributed by atoms with van der Waals surface area (Å²) in [6.07, 6.45) is 2.21. The van der Waals surface area contributed by atoms with Gasteiger partial charge in [0.15, 0.2) is 0 Å². The zero-order chi connectivity index (χ0) is 25.3. The summed E-state index contributed by atoms with van der Waals surface area (Å²) in [6, 6.07) is 12.3. The van der Waals surface area contributed by atoms with Crippen molar-refractivity contribution in [1.29, 1.82) is 0 Å². The van der Waals surface area contributed by atoms with E-state index in [0.29, 0.717) is 25.2 Å². The van der Waals surface area contributed by atoms with Gasteiger partial charge in [-0.15, -0.1) is 0 Å². The van der Waals surface area contributed by atoms with E-state index in [-0.39, 0.29) is 24.5 Å². The van der Waals surface area contributed by atoms with E-state index in [0.717, 1.165) is 18.4 Å². The monoisotopic (exact) mass is 491 g/mol. The molecule has 9 nitrogen and oxygen atoms in total. The minimum absolute atomic E-state index is 0.201. The summed E-state index contributed by atoms with van der Waals surface area (Å²) in [5.41, 5.74) is 1.28. The second-order valence-corrected chi connectivity index (χ2v) is 10.6. The van der Waals surface area contributed by atoms with Gasteiger partial charge >= 0.3 is 0 Å². The van der Waals surface area contributed by atoms with Gasteiger partial charge in [-0.3, -0.25) is 9.10 Å². The average molecular weight is 492 g/mol. The van der Waals surface area contributed by atoms with Gasteiger partial charge in [0.05, 0.1) is 18.9 Å². The molecule has 0 aliphatic heterocycles. The normalized spacial score (nSPS) is 12.4. The van der Waals surface area contributed by atoms with Gasteiger partial charge in [-0.1, -0.05) is 37.3 Å². The fourth-order valence-electron chi connectivity index (χ4n) is 3.40. The summed E-state index contributed by atoms with van der Waals surface area (Å²) in [5, 5.41) is 12.7. The number of aromatic nitrogens is 1. The van der Waals surface area contributed by atoms with E-state index in [4.69, 9.17) is 0 Å². The van der Waals surface area contributed by atoms with Crippen molar-refractivity contribution in [2.24, 2.45) is 0 Å². The number of benzene rings is 1. The smallest absolute Gasteiger partial charge is 0.251 e. The molecule has 2 rings (SSSR count). The van der Waals surface area contributed by atoms with E-state index in [1.54, 1.807) is 6.07 Å². The summed E-state index contributed by atoms with van der Waals surface area (Å²) in [6.45, 7) is 3.32. The number of nitrogens with one attached hydrogen (secondary N) is 1. The number of hydrogen-bond acceptors (Lipinski definition) is 7. The fraction of sp³-hybridized carbons (Fsp3) is 0.500. The molecule has 34 heavy (non-hydrogen) atoms. The number of likely N-dealkylation sites (N-methyl/N-ethyl adjacent to an activating group) is 2. The highest BCUT2D eigenvalue weighted by Crippen LogP contribution is 2.23. The predicted octanol–water partition coefficient (Wildman–Crippen LogP) is 1.59. The Balaban J connectivity index is 2.39. The highest BCUT2D eigenvalue weighted by Gasteiger charge is 2.22. The number of aliphatic hydroxyl groups excluding tert-OH is 1. The summed E-state index contributed by atoms with van der Waals surface area (Å²) < 4.78 is 26.1. The van der Waals surface area contributed by atoms with Crippen LogP contribution in [-0.2, 0) is 16.4 Å². The molecule has 1 heterocycles. The van der Waals surface area contributed by atoms with Crippen LogP contribution in [0.25, 0.3) is 0 Å². The first-order valence-corrected chi connectivity index (χ1v) is 13.2. The van der Waals surface area contributed by atoms with Crippen LogP contribution in [0.15, 0.2) is 42.5 Å². The molecule has 1 aromatic heterocycles. The van der Waals surface area contributed by atoms with Gasteiger partial charge < -0.3 is 20.2 Å². The number of amides is 1. The van der Waals surface area contributed by atoms with Gasteiger partial charge in [0, 0.05) is 32.2 Å². The molecule has 0 bridgehead atoms. The summed E-state index contributed by atoms with van der Waals surface area (Å²) in [5.74, 6) is 0.302. The third-order valence-electron chi connectivity index (χ3n) is 5.30. The molecule has 188 valence electrons. The Bertz CT molecular complexity index is 1030. The highest BCUT2D eigenvalue weighted by molar-refractivity contribution is 7.92. The zero-order valence-electron chi connectivity index (χ0n) is 20.7. The van der Waals surface area contributed by atoms with E-state index in [1.807, 2.05) is 68.2 Å². The summed E-state index contributed by atoms with van der Waals surface area (Å²) in [7, 11) is 2.19. The summed E-state index contributed by atoms with van der Waals surface area (Å²) in [4.78, 5) is 21.7. The molecule has 0 radical (unpaired) electrons. The third kappa shape index (κ3) is 8.27. The second kappa shape index (κ2) is 12.7. The van der Waals surface area contributed by atoms with Gasteiger partial charge in [-0.2, -0.15) is 0 Å². The van der Waals surface area contributed by atoms with Gasteiger partial charge in [-0.25, -0.2) is 13.4 Å². The first kappa shape index (κ1) is 27.6. The van der Waals surface area contributed by atoms with Gasteiger partial charge in [0.25, 0.3) is 5.91 Å². The Morgan fingerprint density at radius 1 is 1.06 bits per heavy atom. The number of aliphatic hydroxyl groups is 1. The van der Waals surface area contributed by atoms with Crippen molar-refractivity contribution in [1.82, 2.24) is 15.2 Å². The first-order valence-electron chi connectivity index (χ1n) is 11.4. The number of hydrogen-bond donors (Lipinski definition) is 2. The summed E-state index contributed by atoms with van der Waals surface area (Å²) >= 11 is 0. The molecule has 1 aromatic carbocycles. The molecule has 2 N–H and O–H groups in total. The van der Waals surface area contributed by atoms with E-state index >= 15 is 0 Å². The third-order valence-corrected chi connectivity index (χ3v) is 6.47. The van der Waals surface area contributed by atoms with E-state index < -0.39 is 22.0 Å². The van der Waals surface area contributed by atoms with Gasteiger partial charge in [0.1, 0.15) is 11.6 Å². The van der Waals surface area contributed by atoms with E-state index in [2.05, 4.69) is 10.3 Å². The van der Waals surface area contributed by atoms with Crippen molar-refractivity contribution in [2.45, 2.75) is 25.8 Å². The molecule has 10 heteroatoms. The Morgan fingerprint density at radius 2 is 1.71 bits per heavy atom. The second-order valence-electron chi connectivity index (χ2n) is 8.67. The Labute approximate surface area is 203 Å². The van der Waals surface area contributed by atoms with Crippen LogP contribution in [0.3, 0.4) is 0 Å². The Kier molecular flexibility index (Phi) is 10.3. The van der Waals surface area contributed by atoms with Crippen molar-refractivity contribution in [3.05, 3.63) is 53.6 Å². The van der Waals surface area contributed by atoms with Crippen LogP contribution in [0.1, 0.15) is 29.3 Å². The minimum atomic E-state index is -3.59. The maximum Gasteiger partial charge on any atom is 0.251 e. The van der Waals surface area contributed by atoms with Gasteiger partial charge in [0.2, 0.25) is 10.0 Å². The lowest BCUT2D eigenvalue weighted by molar-refractivity contribution is 0.0916. The average Bonchev–Trinajstić information content (AvgIpc) is 2.79. The number of nitrogens with zero attached hydrogens (tertiary/aromatic N) is 4. The molecule has 0 aliphatic rings. The van der Waals surface area contributed by atoms with Crippen LogP contribution in [0.4, 0.5) is 11.6 Å². The van der Waals surface area contributed by atoms with Crippen LogP contribution in [0, 0.1) is 0 Å². The molecule has 1 atom stereocenters. The molecule has 2 aromatic rings. The van der Waals surface area contributed by atoms with Crippen molar-refractivity contribution in [2.75, 3.05) is 62.8 Å². The van der Waals surface area contributed by atoms with Crippen LogP contribution >= 0.6 is 0 Å². The lowest BCUT2D eigenvalue weighted by atomic mass is 10.1. The molecule has 0 fully saturated rings. The van der Waals surface area contributed by atoms with E-state index in [9.17, 15) is 18.3 Å². The van der Waals surface area contributed by atoms with Crippen LogP contribution in [-0.4, -0.2) is 89.0 Å². The molecule has 0 aliphatic carbocycles. The Hall–Kier alpha value is -2.69. The maximum absolute atomic E-state index is 13.2. The Morgan fingerprint density at radius 3 is 2.26 bits per heavy atom. The highest BCUT2D eigenvalue weighted by atomic mass is 32.2. The predicted molar refractivity (Wildman–Crippen MR) is 137 cm³/mol. The largest absolute Gasteiger partial charge is 0.394 e. The van der Waals surface area contributed by atoms with Crippen molar-refractivity contribution >= 4 is 27.6 Å². The number of carbonyl (C=O) groups is 1. The number of pyridine rings is 1. The standard InChI is InChI=1S/C24H37N5O4S/c1-6-12-29(34(5,32)33)23-17-20(16-22(26-23)28(4)14-13-27(2)3)24(31)25-21(18-30)15-19-10-8-7-9-11-19/h7-11,16-17,21,30H,6,12-15,18H2,1-5H3,(H,25,31). The number of anilines is 2. The molecule has 0 saturated carbocycles. The van der Waals surface area contributed by atoms with Crippen molar-refractivity contribution in [3.8, 4) is 0 Å². The quantitative estimate of drug-likeness (QED) is 0.438. The molecule has 0 saturated heterocycles. The van der Waals surface area contributed by atoms with Crippen LogP contribution in [0.5, 0.6) is 0 Å². The maximum atomic E-state index is 13.2. The number of carbonyl (C=O) groups excluding carboxylic acids is 1. The van der Waals surface area contributed by atoms with E-state index in [1.165, 1.54) is 10.4 Å². The molecule has 1 amide bonds. The molecule has 0 spiro atoms. The lowest BCUT2D eigenvalue weighted by Crippen LogP contribution is -2.39. The van der Waals surface area contributed by atoms with Crippen molar-refractivity contribution in [3.63, 3.8) is 0 Å². The molecule has 1 unspecified atom stereocenters. The lowest BCUT2D eigenvalue weighted by Gasteiger charge is -2.26. The SMILES string of the molecule is CCCN(c1cc(C(=O)NC(CO)Cc2ccccc2)cc(N(C)CCN(C)C)n1)S(C)(=O)=O. The van der Waals surface area contributed by atoms with Crippen molar-refractivity contribution < 1.29 is 18.3 Å².